The van der Waals surface area contributed by atoms with Gasteiger partial charge in [-0.2, -0.15) is 0 Å². The molecule has 0 saturated heterocycles. The molecule has 0 fully saturated rings. The molecule has 2 atom stereocenters. The number of esters is 1. The van der Waals surface area contributed by atoms with Gasteiger partial charge in [-0.25, -0.2) is 0 Å². The summed E-state index contributed by atoms with van der Waals surface area (Å²) in [5.41, 5.74) is 5.29. The molecule has 0 bridgehead atoms. The third kappa shape index (κ3) is 6.80. The zero-order valence-electron chi connectivity index (χ0n) is 11.1. The Hall–Kier alpha value is -0.610. The quantitative estimate of drug-likeness (QED) is 0.707. The van der Waals surface area contributed by atoms with Crippen molar-refractivity contribution in [2.45, 2.75) is 53.2 Å². The minimum atomic E-state index is -0.475. The first kappa shape index (κ1) is 15.4. The Balaban J connectivity index is 3.73. The van der Waals surface area contributed by atoms with Crippen LogP contribution in [-0.4, -0.2) is 31.3 Å². The van der Waals surface area contributed by atoms with Crippen molar-refractivity contribution in [2.24, 2.45) is 11.1 Å². The third-order valence-electron chi connectivity index (χ3n) is 2.21. The molecule has 0 heterocycles. The molecular weight excluding hydrogens is 206 g/mol. The Morgan fingerprint density at radius 1 is 1.31 bits per heavy atom. The van der Waals surface area contributed by atoms with Gasteiger partial charge in [-0.1, -0.05) is 6.92 Å². The predicted molar refractivity (Wildman–Crippen MR) is 64.1 cm³/mol. The second-order valence-corrected chi connectivity index (χ2v) is 5.16. The highest BCUT2D eigenvalue weighted by molar-refractivity contribution is 5.75. The first-order valence-corrected chi connectivity index (χ1v) is 5.81. The zero-order chi connectivity index (χ0) is 12.8. The smallest absolute Gasteiger partial charge is 0.311 e. The number of hydrogen-bond acceptors (Lipinski definition) is 4. The van der Waals surface area contributed by atoms with E-state index in [1.807, 2.05) is 27.7 Å². The van der Waals surface area contributed by atoms with E-state index in [0.29, 0.717) is 6.61 Å². The molecule has 0 aliphatic heterocycles. The molecule has 0 spiro atoms. The van der Waals surface area contributed by atoms with Crippen molar-refractivity contribution in [3.63, 3.8) is 0 Å². The monoisotopic (exact) mass is 231 g/mol. The summed E-state index contributed by atoms with van der Waals surface area (Å²) in [6, 6.07) is -0.250. The van der Waals surface area contributed by atoms with E-state index in [9.17, 15) is 4.79 Å². The van der Waals surface area contributed by atoms with Gasteiger partial charge in [0, 0.05) is 0 Å². The van der Waals surface area contributed by atoms with Gasteiger partial charge in [-0.15, -0.1) is 0 Å². The van der Waals surface area contributed by atoms with Gasteiger partial charge in [-0.3, -0.25) is 4.79 Å². The van der Waals surface area contributed by atoms with Crippen molar-refractivity contribution in [1.29, 1.82) is 0 Å². The van der Waals surface area contributed by atoms with Crippen LogP contribution in [0.3, 0.4) is 0 Å². The van der Waals surface area contributed by atoms with E-state index in [1.165, 1.54) is 0 Å². The van der Waals surface area contributed by atoms with Crippen LogP contribution in [0.15, 0.2) is 0 Å². The summed E-state index contributed by atoms with van der Waals surface area (Å²) < 4.78 is 10.5. The predicted octanol–water partition coefficient (Wildman–Crippen LogP) is 1.72. The van der Waals surface area contributed by atoms with E-state index in [0.717, 1.165) is 6.42 Å². The van der Waals surface area contributed by atoms with Crippen LogP contribution in [0.2, 0.25) is 0 Å². The summed E-state index contributed by atoms with van der Waals surface area (Å²) in [6.07, 6.45) is 1.15. The van der Waals surface area contributed by atoms with Crippen LogP contribution in [-0.2, 0) is 14.3 Å². The molecule has 0 aliphatic rings. The topological polar surface area (TPSA) is 61.6 Å². The van der Waals surface area contributed by atoms with Crippen LogP contribution >= 0.6 is 0 Å². The summed E-state index contributed by atoms with van der Waals surface area (Å²) in [6.45, 7) is 10.1. The average molecular weight is 231 g/mol. The molecule has 0 rings (SSSR count). The van der Waals surface area contributed by atoms with Crippen molar-refractivity contribution in [3.05, 3.63) is 0 Å². The Labute approximate surface area is 98.5 Å². The Morgan fingerprint density at radius 2 is 1.88 bits per heavy atom. The first-order chi connectivity index (χ1) is 7.27. The first-order valence-electron chi connectivity index (χ1n) is 5.81. The molecule has 0 aromatic carbocycles. The van der Waals surface area contributed by atoms with Gasteiger partial charge in [0.2, 0.25) is 0 Å². The third-order valence-corrected chi connectivity index (χ3v) is 2.21. The Morgan fingerprint density at radius 3 is 2.31 bits per heavy atom. The molecule has 4 nitrogen and oxygen atoms in total. The lowest BCUT2D eigenvalue weighted by Crippen LogP contribution is -2.36. The van der Waals surface area contributed by atoms with Crippen LogP contribution in [0.1, 0.15) is 41.0 Å². The number of carbonyl (C=O) groups is 1. The van der Waals surface area contributed by atoms with E-state index in [2.05, 4.69) is 6.92 Å². The minimum absolute atomic E-state index is 0.198. The fourth-order valence-electron chi connectivity index (χ4n) is 0.853. The lowest BCUT2D eigenvalue weighted by atomic mass is 9.97. The average Bonchev–Trinajstić information content (AvgIpc) is 2.20. The van der Waals surface area contributed by atoms with Crippen LogP contribution in [0.4, 0.5) is 0 Å². The molecular formula is C12H25NO3. The summed E-state index contributed by atoms with van der Waals surface area (Å²) in [7, 11) is 0. The normalized spacial score (nSPS) is 15.6. The van der Waals surface area contributed by atoms with E-state index in [1.54, 1.807) is 0 Å². The van der Waals surface area contributed by atoms with Gasteiger partial charge in [0.15, 0.2) is 0 Å². The molecule has 4 heteroatoms. The molecule has 0 aromatic heterocycles. The highest BCUT2D eigenvalue weighted by Crippen LogP contribution is 2.14. The van der Waals surface area contributed by atoms with Crippen LogP contribution in [0.25, 0.3) is 0 Å². The highest BCUT2D eigenvalue weighted by Gasteiger charge is 2.23. The molecule has 0 amide bonds. The number of nitrogens with two attached hydrogens (primary N) is 1. The summed E-state index contributed by atoms with van der Waals surface area (Å²) in [5, 5.41) is 0. The van der Waals surface area contributed by atoms with Gasteiger partial charge >= 0.3 is 5.97 Å². The zero-order valence-corrected chi connectivity index (χ0v) is 11.1. The number of rotatable bonds is 6. The number of hydrogen-bond donors (Lipinski definition) is 1. The molecule has 0 aromatic rings. The molecule has 2 N–H and O–H groups in total. The maximum atomic E-state index is 11.4. The van der Waals surface area contributed by atoms with Gasteiger partial charge in [-0.05, 0) is 34.1 Å². The van der Waals surface area contributed by atoms with Gasteiger partial charge in [0.25, 0.3) is 0 Å². The Kier molecular flexibility index (Phi) is 6.60. The standard InChI is InChI=1S/C12H25NO3/c1-6-9(2)15-7-10(13)8-16-11(14)12(3,4)5/h9-10H,6-8,13H2,1-5H3. The molecule has 0 saturated carbocycles. The molecule has 0 aliphatic carbocycles. The van der Waals surface area contributed by atoms with E-state index in [4.69, 9.17) is 15.2 Å². The molecule has 96 valence electrons. The fourth-order valence-corrected chi connectivity index (χ4v) is 0.853. The highest BCUT2D eigenvalue weighted by atomic mass is 16.5. The molecule has 2 unspecified atom stereocenters. The second kappa shape index (κ2) is 6.86. The van der Waals surface area contributed by atoms with Crippen LogP contribution in [0.5, 0.6) is 0 Å². The second-order valence-electron chi connectivity index (χ2n) is 5.16. The maximum absolute atomic E-state index is 11.4. The maximum Gasteiger partial charge on any atom is 0.311 e. The van der Waals surface area contributed by atoms with Gasteiger partial charge in [0.05, 0.1) is 24.2 Å². The van der Waals surface area contributed by atoms with Gasteiger partial charge in [0.1, 0.15) is 6.61 Å². The van der Waals surface area contributed by atoms with Gasteiger partial charge < -0.3 is 15.2 Å². The van der Waals surface area contributed by atoms with Crippen molar-refractivity contribution < 1.29 is 14.3 Å². The summed E-state index contributed by atoms with van der Waals surface area (Å²) in [4.78, 5) is 11.4. The van der Waals surface area contributed by atoms with Crippen LogP contribution in [0, 0.1) is 5.41 Å². The summed E-state index contributed by atoms with van der Waals surface area (Å²) in [5.74, 6) is -0.230. The van der Waals surface area contributed by atoms with E-state index >= 15 is 0 Å². The van der Waals surface area contributed by atoms with Crippen LogP contribution < -0.4 is 5.73 Å². The molecule has 16 heavy (non-hydrogen) atoms. The van der Waals surface area contributed by atoms with Crippen molar-refractivity contribution in [1.82, 2.24) is 0 Å². The van der Waals surface area contributed by atoms with E-state index < -0.39 is 5.41 Å². The van der Waals surface area contributed by atoms with E-state index in [-0.39, 0.29) is 24.7 Å². The molecule has 0 radical (unpaired) electrons. The minimum Gasteiger partial charge on any atom is -0.464 e. The Bertz CT molecular complexity index is 211. The van der Waals surface area contributed by atoms with Crippen molar-refractivity contribution in [2.75, 3.05) is 13.2 Å². The number of ether oxygens (including phenoxy) is 2. The number of carbonyl (C=O) groups excluding carboxylic acids is 1. The van der Waals surface area contributed by atoms with Crippen molar-refractivity contribution >= 4 is 5.97 Å². The largest absolute Gasteiger partial charge is 0.464 e. The lowest BCUT2D eigenvalue weighted by molar-refractivity contribution is -0.153. The lowest BCUT2D eigenvalue weighted by Gasteiger charge is -2.20. The fraction of sp³-hybridized carbons (Fsp3) is 0.917. The SMILES string of the molecule is CCC(C)OCC(N)COC(=O)C(C)(C)C. The van der Waals surface area contributed by atoms with Crippen molar-refractivity contribution in [3.8, 4) is 0 Å². The summed E-state index contributed by atoms with van der Waals surface area (Å²) >= 11 is 0.